The molecule has 0 fully saturated rings. The number of amides is 1. The van der Waals surface area contributed by atoms with Gasteiger partial charge in [-0.15, -0.1) is 0 Å². The Morgan fingerprint density at radius 1 is 1.30 bits per heavy atom. The molecule has 20 heavy (non-hydrogen) atoms. The molecule has 1 N–H and O–H groups in total. The van der Waals surface area contributed by atoms with Crippen molar-refractivity contribution >= 4 is 17.3 Å². The van der Waals surface area contributed by atoms with Crippen LogP contribution in [0.3, 0.4) is 0 Å². The van der Waals surface area contributed by atoms with Gasteiger partial charge in [-0.25, -0.2) is 8.78 Å². The highest BCUT2D eigenvalue weighted by Gasteiger charge is 2.19. The largest absolute Gasteiger partial charge is 0.316 e. The molecule has 0 spiro atoms. The Morgan fingerprint density at radius 2 is 2.05 bits per heavy atom. The smallest absolute Gasteiger partial charge is 0.295 e. The first kappa shape index (κ1) is 13.5. The van der Waals surface area contributed by atoms with Crippen molar-refractivity contribution in [3.63, 3.8) is 0 Å². The van der Waals surface area contributed by atoms with Crippen LogP contribution in [0.1, 0.15) is 10.4 Å². The number of nitrogens with zero attached hydrogens (tertiary/aromatic N) is 2. The number of aromatic nitrogens is 1. The van der Waals surface area contributed by atoms with Gasteiger partial charge in [0.15, 0.2) is 5.82 Å². The standard InChI is InChI=1S/C12H7F2N3O3/c13-7-1-2-10(11(5-7)17(19)20)16-12(18)8-3-4-15-6-9(8)14/h1-6H,(H,16,18). The zero-order chi connectivity index (χ0) is 14.7. The zero-order valence-corrected chi connectivity index (χ0v) is 9.84. The molecule has 6 nitrogen and oxygen atoms in total. The summed E-state index contributed by atoms with van der Waals surface area (Å²) in [5.41, 5.74) is -1.16. The molecule has 2 rings (SSSR count). The van der Waals surface area contributed by atoms with Gasteiger partial charge >= 0.3 is 0 Å². The molecule has 1 heterocycles. The third kappa shape index (κ3) is 2.74. The summed E-state index contributed by atoms with van der Waals surface area (Å²) in [5, 5.41) is 12.9. The Balaban J connectivity index is 2.33. The number of nitro groups is 1. The number of nitro benzene ring substituents is 1. The molecule has 0 radical (unpaired) electrons. The summed E-state index contributed by atoms with van der Waals surface area (Å²) in [4.78, 5) is 25.2. The molecular weight excluding hydrogens is 272 g/mol. The van der Waals surface area contributed by atoms with Crippen molar-refractivity contribution < 1.29 is 18.5 Å². The van der Waals surface area contributed by atoms with Crippen molar-refractivity contribution in [2.24, 2.45) is 0 Å². The SMILES string of the molecule is O=C(Nc1ccc(F)cc1[N+](=O)[O-])c1ccncc1F. The minimum Gasteiger partial charge on any atom is -0.316 e. The van der Waals surface area contributed by atoms with Crippen LogP contribution >= 0.6 is 0 Å². The van der Waals surface area contributed by atoms with Gasteiger partial charge in [0.2, 0.25) is 0 Å². The highest BCUT2D eigenvalue weighted by molar-refractivity contribution is 6.05. The summed E-state index contributed by atoms with van der Waals surface area (Å²) in [6.45, 7) is 0. The molecule has 0 aliphatic rings. The predicted molar refractivity (Wildman–Crippen MR) is 65.2 cm³/mol. The van der Waals surface area contributed by atoms with E-state index in [-0.39, 0.29) is 11.3 Å². The number of anilines is 1. The Kier molecular flexibility index (Phi) is 3.65. The Bertz CT molecular complexity index is 691. The maximum atomic E-state index is 13.3. The molecular formula is C12H7F2N3O3. The lowest BCUT2D eigenvalue weighted by Gasteiger charge is -2.06. The lowest BCUT2D eigenvalue weighted by molar-refractivity contribution is -0.384. The quantitative estimate of drug-likeness (QED) is 0.691. The molecule has 0 saturated carbocycles. The maximum absolute atomic E-state index is 13.3. The first-order chi connectivity index (χ1) is 9.49. The third-order valence-corrected chi connectivity index (χ3v) is 2.42. The van der Waals surface area contributed by atoms with E-state index in [4.69, 9.17) is 0 Å². The van der Waals surface area contributed by atoms with Gasteiger partial charge in [-0.1, -0.05) is 0 Å². The van der Waals surface area contributed by atoms with Gasteiger partial charge in [-0.05, 0) is 18.2 Å². The van der Waals surface area contributed by atoms with Gasteiger partial charge < -0.3 is 5.32 Å². The van der Waals surface area contributed by atoms with E-state index >= 15 is 0 Å². The van der Waals surface area contributed by atoms with Gasteiger partial charge in [0.05, 0.1) is 22.7 Å². The molecule has 0 aliphatic carbocycles. The topological polar surface area (TPSA) is 85.1 Å². The molecule has 2 aromatic rings. The van der Waals surface area contributed by atoms with Crippen molar-refractivity contribution in [1.29, 1.82) is 0 Å². The van der Waals surface area contributed by atoms with Crippen LogP contribution in [0, 0.1) is 21.7 Å². The molecule has 0 saturated heterocycles. The summed E-state index contributed by atoms with van der Waals surface area (Å²) in [6.07, 6.45) is 2.05. The van der Waals surface area contributed by atoms with Crippen molar-refractivity contribution in [2.75, 3.05) is 5.32 Å². The summed E-state index contributed by atoms with van der Waals surface area (Å²) in [7, 11) is 0. The van der Waals surface area contributed by atoms with Crippen LogP contribution in [0.25, 0.3) is 0 Å². The Hall–Kier alpha value is -2.90. The lowest BCUT2D eigenvalue weighted by Crippen LogP contribution is -2.15. The van der Waals surface area contributed by atoms with Gasteiger partial charge in [-0.3, -0.25) is 19.9 Å². The highest BCUT2D eigenvalue weighted by atomic mass is 19.1. The van der Waals surface area contributed by atoms with E-state index in [1.165, 1.54) is 6.20 Å². The Morgan fingerprint density at radius 3 is 2.70 bits per heavy atom. The number of halogens is 2. The molecule has 102 valence electrons. The van der Waals surface area contributed by atoms with Gasteiger partial charge in [0.25, 0.3) is 11.6 Å². The van der Waals surface area contributed by atoms with Crippen LogP contribution in [0.2, 0.25) is 0 Å². The number of hydrogen-bond donors (Lipinski definition) is 1. The Labute approximate surface area is 111 Å². The number of rotatable bonds is 3. The first-order valence-corrected chi connectivity index (χ1v) is 5.34. The van der Waals surface area contributed by atoms with Crippen LogP contribution in [-0.2, 0) is 0 Å². The van der Waals surface area contributed by atoms with Crippen LogP contribution in [0.5, 0.6) is 0 Å². The van der Waals surface area contributed by atoms with Crippen LogP contribution in [0.15, 0.2) is 36.7 Å². The fourth-order valence-corrected chi connectivity index (χ4v) is 1.51. The van der Waals surface area contributed by atoms with Gasteiger partial charge in [-0.2, -0.15) is 0 Å². The normalized spacial score (nSPS) is 10.1. The van der Waals surface area contributed by atoms with E-state index in [0.29, 0.717) is 6.07 Å². The van der Waals surface area contributed by atoms with Crippen LogP contribution in [-0.4, -0.2) is 15.8 Å². The molecule has 1 amide bonds. The molecule has 0 aliphatic heterocycles. The van der Waals surface area contributed by atoms with Crippen LogP contribution < -0.4 is 5.32 Å². The van der Waals surface area contributed by atoms with E-state index in [0.717, 1.165) is 24.4 Å². The second-order valence-electron chi connectivity index (χ2n) is 3.73. The van der Waals surface area contributed by atoms with E-state index < -0.39 is 28.2 Å². The number of carbonyl (C=O) groups excluding carboxylic acids is 1. The predicted octanol–water partition coefficient (Wildman–Crippen LogP) is 2.52. The number of pyridine rings is 1. The van der Waals surface area contributed by atoms with E-state index in [9.17, 15) is 23.7 Å². The van der Waals surface area contributed by atoms with Crippen molar-refractivity contribution in [3.8, 4) is 0 Å². The molecule has 1 aromatic carbocycles. The molecule has 1 aromatic heterocycles. The fourth-order valence-electron chi connectivity index (χ4n) is 1.51. The van der Waals surface area contributed by atoms with Crippen molar-refractivity contribution in [3.05, 3.63) is 64.0 Å². The maximum Gasteiger partial charge on any atom is 0.295 e. The second kappa shape index (κ2) is 5.39. The van der Waals surface area contributed by atoms with Crippen molar-refractivity contribution in [1.82, 2.24) is 4.98 Å². The van der Waals surface area contributed by atoms with Gasteiger partial charge in [0.1, 0.15) is 11.5 Å². The minimum absolute atomic E-state index is 0.224. The zero-order valence-electron chi connectivity index (χ0n) is 9.84. The molecule has 0 atom stereocenters. The average Bonchev–Trinajstić information content (AvgIpc) is 2.41. The van der Waals surface area contributed by atoms with E-state index in [1.807, 2.05) is 0 Å². The molecule has 0 unspecified atom stereocenters. The highest BCUT2D eigenvalue weighted by Crippen LogP contribution is 2.25. The average molecular weight is 279 g/mol. The lowest BCUT2D eigenvalue weighted by atomic mass is 10.2. The monoisotopic (exact) mass is 279 g/mol. The number of benzene rings is 1. The number of nitrogens with one attached hydrogen (secondary N) is 1. The summed E-state index contributed by atoms with van der Waals surface area (Å²) in [5.74, 6) is -2.57. The van der Waals surface area contributed by atoms with E-state index in [1.54, 1.807) is 0 Å². The van der Waals surface area contributed by atoms with Gasteiger partial charge in [0, 0.05) is 6.20 Å². The second-order valence-corrected chi connectivity index (χ2v) is 3.73. The third-order valence-electron chi connectivity index (χ3n) is 2.42. The number of carbonyl (C=O) groups is 1. The molecule has 8 heteroatoms. The minimum atomic E-state index is -0.889. The van der Waals surface area contributed by atoms with E-state index in [2.05, 4.69) is 10.3 Å². The summed E-state index contributed by atoms with van der Waals surface area (Å²) < 4.78 is 26.3. The van der Waals surface area contributed by atoms with Crippen molar-refractivity contribution in [2.45, 2.75) is 0 Å². The number of hydrogen-bond acceptors (Lipinski definition) is 4. The molecule has 0 bridgehead atoms. The fraction of sp³-hybridized carbons (Fsp3) is 0. The summed E-state index contributed by atoms with van der Waals surface area (Å²) in [6, 6.07) is 3.77. The summed E-state index contributed by atoms with van der Waals surface area (Å²) >= 11 is 0. The first-order valence-electron chi connectivity index (χ1n) is 5.34. The van der Waals surface area contributed by atoms with Crippen LogP contribution in [0.4, 0.5) is 20.2 Å².